The third-order valence-corrected chi connectivity index (χ3v) is 2.89. The SMILES string of the molecule is CCN(CCCO)C(=O)c1ccc(OC)cc1OC. The molecule has 0 fully saturated rings. The first kappa shape index (κ1) is 15.3. The van der Waals surface area contributed by atoms with Gasteiger partial charge in [0.2, 0.25) is 0 Å². The molecule has 5 nitrogen and oxygen atoms in total. The van der Waals surface area contributed by atoms with Crippen molar-refractivity contribution in [1.82, 2.24) is 4.90 Å². The smallest absolute Gasteiger partial charge is 0.257 e. The lowest BCUT2D eigenvalue weighted by molar-refractivity contribution is 0.0751. The summed E-state index contributed by atoms with van der Waals surface area (Å²) in [5.41, 5.74) is 0.503. The molecule has 0 aliphatic rings. The number of ether oxygens (including phenoxy) is 2. The van der Waals surface area contributed by atoms with Gasteiger partial charge in [-0.1, -0.05) is 0 Å². The Labute approximate surface area is 113 Å². The molecule has 5 heteroatoms. The van der Waals surface area contributed by atoms with Crippen molar-refractivity contribution in [3.05, 3.63) is 23.8 Å². The molecule has 0 aliphatic heterocycles. The van der Waals surface area contributed by atoms with E-state index < -0.39 is 0 Å². The van der Waals surface area contributed by atoms with Crippen LogP contribution in [0, 0.1) is 0 Å². The second kappa shape index (κ2) is 7.63. The molecule has 1 rings (SSSR count). The average molecular weight is 267 g/mol. The van der Waals surface area contributed by atoms with Crippen molar-refractivity contribution in [2.24, 2.45) is 0 Å². The zero-order valence-corrected chi connectivity index (χ0v) is 11.7. The van der Waals surface area contributed by atoms with E-state index in [1.54, 1.807) is 30.2 Å². The van der Waals surface area contributed by atoms with Crippen LogP contribution in [0.4, 0.5) is 0 Å². The van der Waals surface area contributed by atoms with Crippen molar-refractivity contribution in [2.75, 3.05) is 33.9 Å². The Morgan fingerprint density at radius 1 is 1.32 bits per heavy atom. The van der Waals surface area contributed by atoms with E-state index in [1.165, 1.54) is 7.11 Å². The second-order valence-electron chi connectivity index (χ2n) is 4.03. The van der Waals surface area contributed by atoms with Crippen LogP contribution in [0.3, 0.4) is 0 Å². The van der Waals surface area contributed by atoms with Gasteiger partial charge in [-0.05, 0) is 25.5 Å². The molecule has 1 N–H and O–H groups in total. The van der Waals surface area contributed by atoms with Crippen LogP contribution in [0.15, 0.2) is 18.2 Å². The highest BCUT2D eigenvalue weighted by atomic mass is 16.5. The van der Waals surface area contributed by atoms with Gasteiger partial charge in [0.15, 0.2) is 0 Å². The van der Waals surface area contributed by atoms with Gasteiger partial charge in [-0.25, -0.2) is 0 Å². The predicted molar refractivity (Wildman–Crippen MR) is 72.8 cm³/mol. The summed E-state index contributed by atoms with van der Waals surface area (Å²) in [6, 6.07) is 5.12. The molecule has 0 spiro atoms. The topological polar surface area (TPSA) is 59.0 Å². The number of benzene rings is 1. The van der Waals surface area contributed by atoms with Gasteiger partial charge in [-0.2, -0.15) is 0 Å². The molecule has 19 heavy (non-hydrogen) atoms. The fraction of sp³-hybridized carbons (Fsp3) is 0.500. The van der Waals surface area contributed by atoms with Crippen molar-refractivity contribution in [3.8, 4) is 11.5 Å². The summed E-state index contributed by atoms with van der Waals surface area (Å²) in [6.45, 7) is 3.10. The molecule has 0 saturated carbocycles. The van der Waals surface area contributed by atoms with Gasteiger partial charge in [0.05, 0.1) is 19.8 Å². The van der Waals surface area contributed by atoms with E-state index in [0.29, 0.717) is 36.6 Å². The number of methoxy groups -OCH3 is 2. The minimum atomic E-state index is -0.101. The summed E-state index contributed by atoms with van der Waals surface area (Å²) in [4.78, 5) is 14.1. The van der Waals surface area contributed by atoms with Crippen molar-refractivity contribution in [2.45, 2.75) is 13.3 Å². The average Bonchev–Trinajstić information content (AvgIpc) is 2.46. The summed E-state index contributed by atoms with van der Waals surface area (Å²) in [5, 5.41) is 8.85. The van der Waals surface area contributed by atoms with Crippen molar-refractivity contribution < 1.29 is 19.4 Å². The summed E-state index contributed by atoms with van der Waals surface area (Å²) in [7, 11) is 3.09. The Morgan fingerprint density at radius 2 is 2.05 bits per heavy atom. The molecule has 0 heterocycles. The highest BCUT2D eigenvalue weighted by Gasteiger charge is 2.18. The number of carbonyl (C=O) groups excluding carboxylic acids is 1. The van der Waals surface area contributed by atoms with Gasteiger partial charge >= 0.3 is 0 Å². The highest BCUT2D eigenvalue weighted by Crippen LogP contribution is 2.25. The minimum absolute atomic E-state index is 0.0729. The van der Waals surface area contributed by atoms with E-state index in [2.05, 4.69) is 0 Å². The normalized spacial score (nSPS) is 10.1. The number of carbonyl (C=O) groups is 1. The maximum Gasteiger partial charge on any atom is 0.257 e. The first-order chi connectivity index (χ1) is 9.17. The van der Waals surface area contributed by atoms with Crippen LogP contribution in [0.5, 0.6) is 11.5 Å². The summed E-state index contributed by atoms with van der Waals surface area (Å²) < 4.78 is 10.3. The van der Waals surface area contributed by atoms with Gasteiger partial charge in [0.1, 0.15) is 11.5 Å². The van der Waals surface area contributed by atoms with E-state index >= 15 is 0 Å². The molecule has 0 aliphatic carbocycles. The number of amides is 1. The van der Waals surface area contributed by atoms with E-state index in [9.17, 15) is 4.79 Å². The third-order valence-electron chi connectivity index (χ3n) is 2.89. The molecule has 1 aromatic rings. The van der Waals surface area contributed by atoms with E-state index in [4.69, 9.17) is 14.6 Å². The van der Waals surface area contributed by atoms with Gasteiger partial charge < -0.3 is 19.5 Å². The summed E-state index contributed by atoms with van der Waals surface area (Å²) in [6.07, 6.45) is 0.568. The van der Waals surface area contributed by atoms with Crippen LogP contribution in [0.25, 0.3) is 0 Å². The number of rotatable bonds is 7. The van der Waals surface area contributed by atoms with Crippen LogP contribution < -0.4 is 9.47 Å². The van der Waals surface area contributed by atoms with Gasteiger partial charge in [-0.15, -0.1) is 0 Å². The lowest BCUT2D eigenvalue weighted by Gasteiger charge is -2.21. The monoisotopic (exact) mass is 267 g/mol. The first-order valence-corrected chi connectivity index (χ1v) is 6.30. The van der Waals surface area contributed by atoms with Crippen molar-refractivity contribution >= 4 is 5.91 Å². The molecular weight excluding hydrogens is 246 g/mol. The van der Waals surface area contributed by atoms with E-state index in [0.717, 1.165) is 0 Å². The van der Waals surface area contributed by atoms with E-state index in [1.807, 2.05) is 6.92 Å². The number of hydrogen-bond donors (Lipinski definition) is 1. The summed E-state index contributed by atoms with van der Waals surface area (Å²) in [5.74, 6) is 1.04. The molecule has 0 aromatic heterocycles. The van der Waals surface area contributed by atoms with Crippen LogP contribution in [0.2, 0.25) is 0 Å². The van der Waals surface area contributed by atoms with Gasteiger partial charge in [-0.3, -0.25) is 4.79 Å². The quantitative estimate of drug-likeness (QED) is 0.814. The molecule has 0 unspecified atom stereocenters. The molecule has 1 amide bonds. The number of nitrogens with zero attached hydrogens (tertiary/aromatic N) is 1. The minimum Gasteiger partial charge on any atom is -0.497 e. The fourth-order valence-electron chi connectivity index (χ4n) is 1.81. The van der Waals surface area contributed by atoms with Crippen LogP contribution >= 0.6 is 0 Å². The van der Waals surface area contributed by atoms with Crippen LogP contribution in [0.1, 0.15) is 23.7 Å². The highest BCUT2D eigenvalue weighted by molar-refractivity contribution is 5.97. The molecule has 106 valence electrons. The number of aliphatic hydroxyl groups is 1. The fourth-order valence-corrected chi connectivity index (χ4v) is 1.81. The maximum absolute atomic E-state index is 12.4. The summed E-state index contributed by atoms with van der Waals surface area (Å²) >= 11 is 0. The molecule has 0 bridgehead atoms. The zero-order valence-electron chi connectivity index (χ0n) is 11.7. The lowest BCUT2D eigenvalue weighted by atomic mass is 10.1. The Hall–Kier alpha value is -1.75. The Bertz CT molecular complexity index is 420. The Morgan fingerprint density at radius 3 is 2.58 bits per heavy atom. The third kappa shape index (κ3) is 3.86. The molecule has 1 aromatic carbocycles. The second-order valence-corrected chi connectivity index (χ2v) is 4.03. The number of aliphatic hydroxyl groups excluding tert-OH is 1. The largest absolute Gasteiger partial charge is 0.497 e. The number of hydrogen-bond acceptors (Lipinski definition) is 4. The van der Waals surface area contributed by atoms with Gasteiger partial charge in [0.25, 0.3) is 5.91 Å². The van der Waals surface area contributed by atoms with Crippen molar-refractivity contribution in [3.63, 3.8) is 0 Å². The first-order valence-electron chi connectivity index (χ1n) is 6.30. The lowest BCUT2D eigenvalue weighted by Crippen LogP contribution is -2.32. The Kier molecular flexibility index (Phi) is 6.15. The van der Waals surface area contributed by atoms with Crippen LogP contribution in [-0.2, 0) is 0 Å². The van der Waals surface area contributed by atoms with Crippen molar-refractivity contribution in [1.29, 1.82) is 0 Å². The Balaban J connectivity index is 2.96. The van der Waals surface area contributed by atoms with E-state index in [-0.39, 0.29) is 12.5 Å². The molecule has 0 atom stereocenters. The van der Waals surface area contributed by atoms with Crippen LogP contribution in [-0.4, -0.2) is 49.8 Å². The van der Waals surface area contributed by atoms with Gasteiger partial charge in [0, 0.05) is 25.8 Å². The molecular formula is C14H21NO4. The molecule has 0 saturated heterocycles. The maximum atomic E-state index is 12.4. The molecule has 0 radical (unpaired) electrons. The zero-order chi connectivity index (χ0) is 14.3. The standard InChI is InChI=1S/C14H21NO4/c1-4-15(8-5-9-16)14(17)12-7-6-11(18-2)10-13(12)19-3/h6-7,10,16H,4-5,8-9H2,1-3H3. The predicted octanol–water partition coefficient (Wildman–Crippen LogP) is 1.55.